The predicted molar refractivity (Wildman–Crippen MR) is 140 cm³/mol. The van der Waals surface area contributed by atoms with Gasteiger partial charge in [0.1, 0.15) is 29.5 Å². The summed E-state index contributed by atoms with van der Waals surface area (Å²) in [5, 5.41) is 20.4. The van der Waals surface area contributed by atoms with Crippen LogP contribution in [0.25, 0.3) is 11.1 Å². The molecular weight excluding hydrogens is 424 g/mol. The number of aliphatic hydroxyl groups is 1. The van der Waals surface area contributed by atoms with Crippen LogP contribution >= 0.6 is 0 Å². The van der Waals surface area contributed by atoms with Gasteiger partial charge in [0, 0.05) is 17.2 Å². The molecule has 2 aliphatic rings. The molecule has 4 heteroatoms. The van der Waals surface area contributed by atoms with Crippen molar-refractivity contribution in [2.24, 2.45) is 5.92 Å². The van der Waals surface area contributed by atoms with Gasteiger partial charge < -0.3 is 19.7 Å². The number of phenolic OH excluding ortho intramolecular Hbond substituents is 1. The van der Waals surface area contributed by atoms with Crippen LogP contribution in [0, 0.1) is 5.92 Å². The van der Waals surface area contributed by atoms with Gasteiger partial charge in [0.2, 0.25) is 0 Å². The molecule has 1 aliphatic heterocycles. The molecule has 0 saturated heterocycles. The molecule has 0 aromatic heterocycles. The molecule has 0 saturated carbocycles. The Bertz CT molecular complexity index is 1090. The lowest BCUT2D eigenvalue weighted by molar-refractivity contribution is 0.0347. The first-order valence-electron chi connectivity index (χ1n) is 12.4. The quantitative estimate of drug-likeness (QED) is 0.458. The van der Waals surface area contributed by atoms with Gasteiger partial charge in [-0.1, -0.05) is 52.0 Å². The van der Waals surface area contributed by atoms with Gasteiger partial charge in [-0.05, 0) is 79.5 Å². The van der Waals surface area contributed by atoms with Gasteiger partial charge >= 0.3 is 0 Å². The first kappa shape index (κ1) is 25.6. The number of hydrogen-bond acceptors (Lipinski definition) is 4. The van der Waals surface area contributed by atoms with Crippen molar-refractivity contribution in [3.63, 3.8) is 0 Å². The molecule has 182 valence electrons. The number of benzene rings is 2. The van der Waals surface area contributed by atoms with Crippen molar-refractivity contribution in [2.75, 3.05) is 0 Å². The van der Waals surface area contributed by atoms with Crippen molar-refractivity contribution < 1.29 is 19.7 Å². The number of aromatic hydroxyl groups is 1. The third kappa shape index (κ3) is 4.92. The van der Waals surface area contributed by atoms with E-state index in [1.807, 2.05) is 39.0 Å². The number of fused-ring (bicyclic) bond motifs is 1. The lowest BCUT2D eigenvalue weighted by atomic mass is 9.79. The Balaban J connectivity index is 0.00000158. The van der Waals surface area contributed by atoms with E-state index in [2.05, 4.69) is 33.4 Å². The Kier molecular flexibility index (Phi) is 8.27. The molecule has 3 atom stereocenters. The SMILES string of the molecule is C=C1C(c2ccc(O)cc2)=COc2cc(OC3CC(CC)C(C)=C(C)C3O)c(CC)cc21.CC. The van der Waals surface area contributed by atoms with Gasteiger partial charge in [-0.25, -0.2) is 0 Å². The summed E-state index contributed by atoms with van der Waals surface area (Å²) in [5.74, 6) is 2.11. The molecule has 0 amide bonds. The highest BCUT2D eigenvalue weighted by molar-refractivity contribution is 6.06. The van der Waals surface area contributed by atoms with Crippen molar-refractivity contribution in [1.82, 2.24) is 0 Å². The summed E-state index contributed by atoms with van der Waals surface area (Å²) in [4.78, 5) is 0. The topological polar surface area (TPSA) is 58.9 Å². The molecule has 3 unspecified atom stereocenters. The standard InChI is InChI=1S/C28H32O4.C2H6/c1-6-19-13-27(28(30)17(4)16(19)3)32-25-14-26-23(12-20(25)7-2)18(5)24(15-31-26)21-8-10-22(29)11-9-21;1-2/h8-12,14-15,19,27-30H,5-7,13H2,1-4H3;1-2H3. The fraction of sp³-hybridized carbons (Fsp3) is 0.400. The molecule has 2 aromatic rings. The molecule has 1 aliphatic carbocycles. The van der Waals surface area contributed by atoms with Crippen LogP contribution in [0.5, 0.6) is 17.2 Å². The lowest BCUT2D eigenvalue weighted by Crippen LogP contribution is -2.39. The number of rotatable bonds is 5. The Labute approximate surface area is 204 Å². The minimum Gasteiger partial charge on any atom is -0.508 e. The van der Waals surface area contributed by atoms with Crippen molar-refractivity contribution in [3.8, 4) is 17.2 Å². The summed E-state index contributed by atoms with van der Waals surface area (Å²) in [7, 11) is 0. The number of hydrogen-bond donors (Lipinski definition) is 2. The number of aliphatic hydroxyl groups excluding tert-OH is 1. The molecule has 0 spiro atoms. The second-order valence-corrected chi connectivity index (χ2v) is 8.79. The van der Waals surface area contributed by atoms with Gasteiger partial charge in [-0.3, -0.25) is 0 Å². The highest BCUT2D eigenvalue weighted by Gasteiger charge is 2.34. The fourth-order valence-corrected chi connectivity index (χ4v) is 4.72. The van der Waals surface area contributed by atoms with Crippen molar-refractivity contribution >= 4 is 11.1 Å². The second-order valence-electron chi connectivity index (χ2n) is 8.79. The molecule has 0 bridgehead atoms. The molecule has 1 heterocycles. The van der Waals surface area contributed by atoms with Gasteiger partial charge in [-0.2, -0.15) is 0 Å². The average Bonchev–Trinajstić information content (AvgIpc) is 2.86. The number of phenols is 1. The van der Waals surface area contributed by atoms with Crippen LogP contribution in [0.2, 0.25) is 0 Å². The zero-order valence-corrected chi connectivity index (χ0v) is 21.3. The maximum Gasteiger partial charge on any atom is 0.138 e. The number of ether oxygens (including phenoxy) is 2. The van der Waals surface area contributed by atoms with Crippen molar-refractivity contribution in [3.05, 3.63) is 77.1 Å². The highest BCUT2D eigenvalue weighted by Crippen LogP contribution is 2.43. The molecule has 0 fully saturated rings. The monoisotopic (exact) mass is 462 g/mol. The molecule has 2 aromatic carbocycles. The summed E-state index contributed by atoms with van der Waals surface area (Å²) in [6.45, 7) is 16.7. The highest BCUT2D eigenvalue weighted by atomic mass is 16.5. The molecule has 4 nitrogen and oxygen atoms in total. The van der Waals surface area contributed by atoms with Crippen molar-refractivity contribution in [1.29, 1.82) is 0 Å². The summed E-state index contributed by atoms with van der Waals surface area (Å²) in [6.07, 6.45) is 3.46. The van der Waals surface area contributed by atoms with Crippen LogP contribution in [0.15, 0.2) is 60.4 Å². The summed E-state index contributed by atoms with van der Waals surface area (Å²) in [5.41, 5.74) is 6.99. The van der Waals surface area contributed by atoms with E-state index in [9.17, 15) is 10.2 Å². The second kappa shape index (κ2) is 11.0. The molecule has 2 N–H and O–H groups in total. The van der Waals surface area contributed by atoms with Crippen LogP contribution in [0.1, 0.15) is 71.1 Å². The first-order chi connectivity index (χ1) is 16.3. The normalized spacial score (nSPS) is 21.7. The minimum atomic E-state index is -0.601. The summed E-state index contributed by atoms with van der Waals surface area (Å²) in [6, 6.07) is 11.0. The van der Waals surface area contributed by atoms with E-state index in [4.69, 9.17) is 9.47 Å². The van der Waals surface area contributed by atoms with E-state index >= 15 is 0 Å². The summed E-state index contributed by atoms with van der Waals surface area (Å²) >= 11 is 0. The predicted octanol–water partition coefficient (Wildman–Crippen LogP) is 7.30. The van der Waals surface area contributed by atoms with Crippen LogP contribution < -0.4 is 9.47 Å². The van der Waals surface area contributed by atoms with E-state index in [-0.39, 0.29) is 11.9 Å². The van der Waals surface area contributed by atoms with Gasteiger partial charge in [0.05, 0.1) is 6.26 Å². The van der Waals surface area contributed by atoms with Gasteiger partial charge in [0.25, 0.3) is 0 Å². The molecule has 0 radical (unpaired) electrons. The Hall–Kier alpha value is -2.98. The maximum absolute atomic E-state index is 10.9. The smallest absolute Gasteiger partial charge is 0.138 e. The third-order valence-electron chi connectivity index (χ3n) is 6.99. The fourth-order valence-electron chi connectivity index (χ4n) is 4.72. The zero-order chi connectivity index (χ0) is 25.0. The van der Waals surface area contributed by atoms with E-state index in [1.165, 1.54) is 5.57 Å². The molecular formula is C30H38O4. The molecule has 4 rings (SSSR count). The van der Waals surface area contributed by atoms with Gasteiger partial charge in [0.15, 0.2) is 0 Å². The average molecular weight is 463 g/mol. The van der Waals surface area contributed by atoms with Crippen LogP contribution in [0.3, 0.4) is 0 Å². The van der Waals surface area contributed by atoms with Crippen LogP contribution in [-0.4, -0.2) is 22.4 Å². The Morgan fingerprint density at radius 2 is 1.74 bits per heavy atom. The maximum atomic E-state index is 10.9. The summed E-state index contributed by atoms with van der Waals surface area (Å²) < 4.78 is 12.4. The van der Waals surface area contributed by atoms with E-state index in [0.29, 0.717) is 11.7 Å². The van der Waals surface area contributed by atoms with Crippen LogP contribution in [-0.2, 0) is 6.42 Å². The number of allylic oxidation sites excluding steroid dienone is 3. The lowest BCUT2D eigenvalue weighted by Gasteiger charge is -2.36. The molecule has 34 heavy (non-hydrogen) atoms. The third-order valence-corrected chi connectivity index (χ3v) is 6.99. The van der Waals surface area contributed by atoms with E-state index < -0.39 is 6.10 Å². The Morgan fingerprint density at radius 1 is 1.06 bits per heavy atom. The van der Waals surface area contributed by atoms with Crippen molar-refractivity contribution in [2.45, 2.75) is 73.0 Å². The largest absolute Gasteiger partial charge is 0.508 e. The number of aryl methyl sites for hydroxylation is 1. The Morgan fingerprint density at radius 3 is 2.35 bits per heavy atom. The zero-order valence-electron chi connectivity index (χ0n) is 21.3. The first-order valence-corrected chi connectivity index (χ1v) is 12.4. The van der Waals surface area contributed by atoms with Crippen LogP contribution in [0.4, 0.5) is 0 Å². The van der Waals surface area contributed by atoms with E-state index in [0.717, 1.165) is 58.4 Å². The van der Waals surface area contributed by atoms with E-state index in [1.54, 1.807) is 18.4 Å². The van der Waals surface area contributed by atoms with Gasteiger partial charge in [-0.15, -0.1) is 0 Å². The minimum absolute atomic E-state index is 0.225.